The third-order valence-electron chi connectivity index (χ3n) is 8.71. The highest BCUT2D eigenvalue weighted by molar-refractivity contribution is 5.87. The maximum Gasteiger partial charge on any atom is 0.416 e. The summed E-state index contributed by atoms with van der Waals surface area (Å²) in [4.78, 5) is 18.0. The van der Waals surface area contributed by atoms with Crippen LogP contribution in [-0.4, -0.2) is 54.1 Å². The van der Waals surface area contributed by atoms with E-state index in [0.29, 0.717) is 30.6 Å². The molecule has 7 heteroatoms. The quantitative estimate of drug-likeness (QED) is 0.695. The molecular weight excluding hydrogens is 405 g/mol. The minimum absolute atomic E-state index is 0.0869. The molecule has 2 saturated heterocycles. The van der Waals surface area contributed by atoms with Crippen molar-refractivity contribution in [2.75, 3.05) is 20.3 Å². The molecule has 1 aliphatic carbocycles. The molecule has 0 aromatic heterocycles. The van der Waals surface area contributed by atoms with Crippen LogP contribution in [0.5, 0.6) is 0 Å². The molecule has 0 bridgehead atoms. The van der Waals surface area contributed by atoms with Crippen molar-refractivity contribution in [1.29, 1.82) is 0 Å². The lowest BCUT2D eigenvalue weighted by Gasteiger charge is -2.36. The Morgan fingerprint density at radius 1 is 1.13 bits per heavy atom. The molecule has 4 aliphatic rings. The number of ether oxygens (including phenoxy) is 1. The van der Waals surface area contributed by atoms with Gasteiger partial charge in [-0.15, -0.1) is 0 Å². The normalized spacial score (nSPS) is 33.9. The van der Waals surface area contributed by atoms with Crippen LogP contribution in [0.4, 0.5) is 13.2 Å². The zero-order valence-corrected chi connectivity index (χ0v) is 18.3. The first-order valence-corrected chi connectivity index (χ1v) is 11.5. The molecule has 3 heterocycles. The van der Waals surface area contributed by atoms with Gasteiger partial charge in [0.15, 0.2) is 0 Å². The first-order valence-electron chi connectivity index (χ1n) is 11.5. The Morgan fingerprint density at radius 2 is 1.87 bits per heavy atom. The van der Waals surface area contributed by atoms with E-state index in [2.05, 4.69) is 18.9 Å². The van der Waals surface area contributed by atoms with Gasteiger partial charge < -0.3 is 14.5 Å². The number of alkyl halides is 3. The summed E-state index contributed by atoms with van der Waals surface area (Å²) in [5.74, 6) is 0.375. The Balaban J connectivity index is 1.36. The van der Waals surface area contributed by atoms with Gasteiger partial charge in [0.25, 0.3) is 0 Å². The molecule has 0 N–H and O–H groups in total. The largest absolute Gasteiger partial charge is 0.416 e. The number of carbonyl (C=O) groups excluding carboxylic acids is 1. The summed E-state index contributed by atoms with van der Waals surface area (Å²) in [6.45, 7) is 4.09. The fourth-order valence-corrected chi connectivity index (χ4v) is 6.70. The van der Waals surface area contributed by atoms with Crippen LogP contribution in [0.25, 0.3) is 0 Å². The second-order valence-electron chi connectivity index (χ2n) is 10.0. The molecule has 2 unspecified atom stereocenters. The number of fused-ring (bicyclic) bond motifs is 2. The van der Waals surface area contributed by atoms with Crippen LogP contribution in [0.1, 0.15) is 55.7 Å². The standard InChI is InChI=1S/C24H31F3N2O2/c1-15-21-12-16-3-4-18(24(25,26)27)11-17(16)14-29(21)22(30)23(15)8-5-20(13-23)28(2)19-6-9-31-10-7-19/h3-4,11,15,19-21H,5-10,12-14H2,1-2H3/t15?,20-,21?,23+/m1/s1. The lowest BCUT2D eigenvalue weighted by molar-refractivity contribution is -0.138. The van der Waals surface area contributed by atoms with Crippen molar-refractivity contribution in [3.8, 4) is 0 Å². The first kappa shape index (κ1) is 21.3. The van der Waals surface area contributed by atoms with Crippen molar-refractivity contribution in [1.82, 2.24) is 9.80 Å². The molecule has 1 aromatic rings. The van der Waals surface area contributed by atoms with Crippen molar-refractivity contribution in [3.05, 3.63) is 34.9 Å². The molecule has 3 fully saturated rings. The average Bonchev–Trinajstić information content (AvgIpc) is 3.29. The third-order valence-corrected chi connectivity index (χ3v) is 8.71. The van der Waals surface area contributed by atoms with Gasteiger partial charge in [0, 0.05) is 37.9 Å². The number of nitrogens with zero attached hydrogens (tertiary/aromatic N) is 2. The molecular formula is C24H31F3N2O2. The smallest absolute Gasteiger partial charge is 0.381 e. The average molecular weight is 437 g/mol. The fourth-order valence-electron chi connectivity index (χ4n) is 6.70. The lowest BCUT2D eigenvalue weighted by atomic mass is 9.73. The zero-order chi connectivity index (χ0) is 22.0. The van der Waals surface area contributed by atoms with Crippen molar-refractivity contribution in [2.24, 2.45) is 11.3 Å². The second-order valence-corrected chi connectivity index (χ2v) is 10.0. The molecule has 5 rings (SSSR count). The number of carbonyl (C=O) groups is 1. The summed E-state index contributed by atoms with van der Waals surface area (Å²) in [6.07, 6.45) is 1.12. The van der Waals surface area contributed by atoms with E-state index in [1.165, 1.54) is 12.1 Å². The molecule has 31 heavy (non-hydrogen) atoms. The predicted molar refractivity (Wildman–Crippen MR) is 110 cm³/mol. The summed E-state index contributed by atoms with van der Waals surface area (Å²) < 4.78 is 45.1. The summed E-state index contributed by atoms with van der Waals surface area (Å²) in [6, 6.07) is 5.02. The Hall–Kier alpha value is -1.60. The third kappa shape index (κ3) is 3.39. The Labute approximate surface area is 181 Å². The molecule has 3 aliphatic heterocycles. The maximum atomic E-state index is 13.7. The molecule has 1 amide bonds. The van der Waals surface area contributed by atoms with E-state index < -0.39 is 11.7 Å². The molecule has 4 nitrogen and oxygen atoms in total. The van der Waals surface area contributed by atoms with Crippen molar-refractivity contribution >= 4 is 5.91 Å². The van der Waals surface area contributed by atoms with Crippen LogP contribution in [0.15, 0.2) is 18.2 Å². The van der Waals surface area contributed by atoms with Gasteiger partial charge in [-0.1, -0.05) is 13.0 Å². The van der Waals surface area contributed by atoms with Crippen LogP contribution in [0.3, 0.4) is 0 Å². The maximum absolute atomic E-state index is 13.7. The summed E-state index contributed by atoms with van der Waals surface area (Å²) in [5.41, 5.74) is 0.611. The Morgan fingerprint density at radius 3 is 2.58 bits per heavy atom. The number of hydrogen-bond acceptors (Lipinski definition) is 3. The minimum atomic E-state index is -4.36. The molecule has 1 saturated carbocycles. The topological polar surface area (TPSA) is 32.8 Å². The van der Waals surface area contributed by atoms with Crippen LogP contribution in [-0.2, 0) is 28.7 Å². The van der Waals surface area contributed by atoms with Gasteiger partial charge in [-0.3, -0.25) is 4.79 Å². The fraction of sp³-hybridized carbons (Fsp3) is 0.708. The molecule has 1 spiro atoms. The number of halogens is 3. The predicted octanol–water partition coefficient (Wildman–Crippen LogP) is 4.26. The van der Waals surface area contributed by atoms with Gasteiger partial charge in [0.2, 0.25) is 5.91 Å². The van der Waals surface area contributed by atoms with Gasteiger partial charge in [0.05, 0.1) is 11.0 Å². The molecule has 1 aromatic carbocycles. The second kappa shape index (κ2) is 7.48. The first-order chi connectivity index (χ1) is 14.7. The van der Waals surface area contributed by atoms with Gasteiger partial charge >= 0.3 is 6.18 Å². The minimum Gasteiger partial charge on any atom is -0.381 e. The molecule has 4 atom stereocenters. The van der Waals surface area contributed by atoms with Crippen LogP contribution in [0, 0.1) is 11.3 Å². The van der Waals surface area contributed by atoms with Gasteiger partial charge in [-0.05, 0) is 74.8 Å². The highest BCUT2D eigenvalue weighted by Gasteiger charge is 2.60. The van der Waals surface area contributed by atoms with Gasteiger partial charge in [-0.25, -0.2) is 0 Å². The monoisotopic (exact) mass is 436 g/mol. The van der Waals surface area contributed by atoms with E-state index in [0.717, 1.165) is 50.9 Å². The SMILES string of the molecule is CC1C2Cc3ccc(C(F)(F)F)cc3CN2C(=O)[C@]12CC[C@@H](N(C)C1CCOCC1)C2. The van der Waals surface area contributed by atoms with Gasteiger partial charge in [-0.2, -0.15) is 13.2 Å². The van der Waals surface area contributed by atoms with Crippen molar-refractivity contribution in [2.45, 2.75) is 76.3 Å². The zero-order valence-electron chi connectivity index (χ0n) is 18.3. The molecule has 0 radical (unpaired) electrons. The number of rotatable bonds is 2. The Bertz CT molecular complexity index is 867. The highest BCUT2D eigenvalue weighted by atomic mass is 19.4. The van der Waals surface area contributed by atoms with E-state index in [9.17, 15) is 18.0 Å². The summed E-state index contributed by atoms with van der Waals surface area (Å²) in [7, 11) is 2.19. The Kier molecular flexibility index (Phi) is 5.13. The van der Waals surface area contributed by atoms with Crippen molar-refractivity contribution in [3.63, 3.8) is 0 Å². The van der Waals surface area contributed by atoms with Crippen LogP contribution in [0.2, 0.25) is 0 Å². The van der Waals surface area contributed by atoms with E-state index >= 15 is 0 Å². The van der Waals surface area contributed by atoms with Gasteiger partial charge in [0.1, 0.15) is 0 Å². The van der Waals surface area contributed by atoms with Crippen LogP contribution >= 0.6 is 0 Å². The lowest BCUT2D eigenvalue weighted by Crippen LogP contribution is -2.43. The summed E-state index contributed by atoms with van der Waals surface area (Å²) >= 11 is 0. The van der Waals surface area contributed by atoms with E-state index in [-0.39, 0.29) is 23.3 Å². The number of benzene rings is 1. The number of amides is 1. The van der Waals surface area contributed by atoms with E-state index in [1.54, 1.807) is 6.07 Å². The van der Waals surface area contributed by atoms with Crippen LogP contribution < -0.4 is 0 Å². The summed E-state index contributed by atoms with van der Waals surface area (Å²) in [5, 5.41) is 0. The van der Waals surface area contributed by atoms with E-state index in [4.69, 9.17) is 4.74 Å². The highest BCUT2D eigenvalue weighted by Crippen LogP contribution is 2.55. The van der Waals surface area contributed by atoms with E-state index in [1.807, 2.05) is 4.90 Å². The number of hydrogen-bond donors (Lipinski definition) is 0. The molecule has 170 valence electrons. The van der Waals surface area contributed by atoms with Crippen molar-refractivity contribution < 1.29 is 22.7 Å².